The van der Waals surface area contributed by atoms with E-state index < -0.39 is 148 Å². The van der Waals surface area contributed by atoms with E-state index >= 15 is 9.59 Å². The van der Waals surface area contributed by atoms with Crippen molar-refractivity contribution < 1.29 is 85.5 Å². The molecule has 1 saturated heterocycles. The van der Waals surface area contributed by atoms with Crippen LogP contribution in [0.15, 0.2) is 102 Å². The van der Waals surface area contributed by atoms with E-state index in [-0.39, 0.29) is 40.9 Å². The molecule has 1 aliphatic heterocycles. The van der Waals surface area contributed by atoms with E-state index in [2.05, 4.69) is 16.0 Å². The van der Waals surface area contributed by atoms with Crippen molar-refractivity contribution in [1.82, 2.24) is 16.0 Å². The van der Waals surface area contributed by atoms with E-state index in [1.165, 1.54) is 64.1 Å². The van der Waals surface area contributed by atoms with Crippen LogP contribution in [0.1, 0.15) is 79.8 Å². The number of aliphatic hydroxyl groups is 3. The van der Waals surface area contributed by atoms with Crippen LogP contribution in [0.25, 0.3) is 0 Å². The van der Waals surface area contributed by atoms with Crippen molar-refractivity contribution in [2.75, 3.05) is 25.6 Å². The molecule has 1 unspecified atom stereocenters. The maximum absolute atomic E-state index is 15.2. The summed E-state index contributed by atoms with van der Waals surface area (Å²) in [6.45, 7) is 4.92. The second-order valence-electron chi connectivity index (χ2n) is 19.2. The zero-order chi connectivity index (χ0) is 52.6. The molecule has 7 N–H and O–H groups in total. The summed E-state index contributed by atoms with van der Waals surface area (Å²) >= 11 is 0. The van der Waals surface area contributed by atoms with Gasteiger partial charge in [0.1, 0.15) is 48.5 Å². The van der Waals surface area contributed by atoms with Crippen molar-refractivity contribution in [3.8, 4) is 0 Å². The average Bonchev–Trinajstić information content (AvgIpc) is 3.33. The first-order chi connectivity index (χ1) is 33.9. The molecule has 0 spiro atoms. The van der Waals surface area contributed by atoms with Gasteiger partial charge in [0.15, 0.2) is 11.4 Å². The molecule has 2 saturated carbocycles. The minimum atomic E-state index is -4.50. The summed E-state index contributed by atoms with van der Waals surface area (Å²) in [5, 5.41) is 45.3. The van der Waals surface area contributed by atoms with Gasteiger partial charge in [0.25, 0.3) is 16.0 Å². The van der Waals surface area contributed by atoms with Crippen LogP contribution in [0.4, 0.5) is 0 Å². The highest BCUT2D eigenvalue weighted by Crippen LogP contribution is 2.64. The highest BCUT2D eigenvalue weighted by Gasteiger charge is 2.78. The van der Waals surface area contributed by atoms with E-state index in [0.29, 0.717) is 0 Å². The van der Waals surface area contributed by atoms with Gasteiger partial charge in [-0.15, -0.1) is 0 Å². The molecule has 11 atom stereocenters. The fraction of sp³-hybridized carbons (Fsp3) is 0.460. The Morgan fingerprint density at radius 1 is 0.861 bits per heavy atom. The Morgan fingerprint density at radius 3 is 2.03 bits per heavy atom. The van der Waals surface area contributed by atoms with Gasteiger partial charge in [-0.25, -0.2) is 9.59 Å². The number of hydrogen-bond donors (Lipinski definition) is 7. The van der Waals surface area contributed by atoms with Gasteiger partial charge in [0, 0.05) is 30.7 Å². The number of carbonyl (C=O) groups is 7. The highest BCUT2D eigenvalue weighted by molar-refractivity contribution is 7.85. The molecule has 0 radical (unpaired) electrons. The van der Waals surface area contributed by atoms with Crippen molar-refractivity contribution in [2.45, 2.75) is 101 Å². The smallest absolute Gasteiger partial charge is 0.350 e. The molecule has 2 bridgehead atoms. The molecule has 3 aromatic carbocycles. The molecule has 386 valence electrons. The number of hydrogen-bond acceptors (Lipinski definition) is 18. The van der Waals surface area contributed by atoms with E-state index in [4.69, 9.17) is 28.2 Å². The van der Waals surface area contributed by atoms with Crippen LogP contribution < -0.4 is 16.0 Å². The average molecular weight is 1020 g/mol. The molecule has 7 rings (SSSR count). The van der Waals surface area contributed by atoms with Gasteiger partial charge < -0.3 is 49.6 Å². The molecule has 3 fully saturated rings. The fourth-order valence-corrected chi connectivity index (χ4v) is 11.1. The van der Waals surface area contributed by atoms with Crippen LogP contribution in [0.2, 0.25) is 0 Å². The van der Waals surface area contributed by atoms with Crippen LogP contribution >= 0.6 is 0 Å². The molecule has 22 heteroatoms. The Morgan fingerprint density at radius 2 is 1.46 bits per heavy atom. The van der Waals surface area contributed by atoms with Crippen molar-refractivity contribution in [1.29, 1.82) is 0 Å². The summed E-state index contributed by atoms with van der Waals surface area (Å²) in [6.07, 6.45) is -11.4. The van der Waals surface area contributed by atoms with Crippen LogP contribution in [-0.4, -0.2) is 143 Å². The topological polar surface area (TPSA) is 317 Å². The van der Waals surface area contributed by atoms with Gasteiger partial charge in [0.05, 0.1) is 36.2 Å². The molecular formula is C50H57N3O18S. The third-order valence-electron chi connectivity index (χ3n) is 14.5. The van der Waals surface area contributed by atoms with Gasteiger partial charge in [-0.2, -0.15) is 8.42 Å². The van der Waals surface area contributed by atoms with Crippen LogP contribution in [-0.2, 0) is 57.8 Å². The standard InChI is InChI=1S/C50H57N3O18S/c1-27-32(68-46(62)40(69-36(57)24-52-35(56)23-51-26-72(64,65)66)38(29-15-9-6-10-16-29)53-44(60)30-17-11-7-12-18-30)22-50(63)43(70-45(61)31-19-13-8-14-20-31)41-48(5,42(59)39(58)37(27)47(50,3)4)33(55)21-34-49(41,25-67-34)71-28(2)54/h6-20,32-34,38-41,43,51,55,58,63H,21-26H2,1-5H3,(H,52,56)(H,53,60)(H,64,65,66)/t32-,33-,34+,38-,39+,40+,41?,43-,48+,49-,50+/m0/s1. The number of Topliss-reactive ketones (excluding diaryl/α,β-unsaturated/α-hetero) is 1. The zero-order valence-electron chi connectivity index (χ0n) is 39.9. The number of benzene rings is 3. The molecule has 1 heterocycles. The quantitative estimate of drug-likeness (QED) is 0.0460. The second kappa shape index (κ2) is 20.6. The minimum Gasteiger partial charge on any atom is -0.455 e. The van der Waals surface area contributed by atoms with Gasteiger partial charge >= 0.3 is 23.9 Å². The summed E-state index contributed by atoms with van der Waals surface area (Å²) in [4.78, 5) is 97.7. The summed E-state index contributed by atoms with van der Waals surface area (Å²) in [5.41, 5.74) is -7.98. The lowest BCUT2D eigenvalue weighted by molar-refractivity contribution is -0.346. The predicted octanol–water partition coefficient (Wildman–Crippen LogP) is 1.27. The summed E-state index contributed by atoms with van der Waals surface area (Å²) < 4.78 is 61.5. The van der Waals surface area contributed by atoms with E-state index in [0.717, 1.165) is 6.92 Å². The van der Waals surface area contributed by atoms with Crippen molar-refractivity contribution >= 4 is 51.6 Å². The molecule has 3 aliphatic carbocycles. The van der Waals surface area contributed by atoms with Crippen LogP contribution in [0.3, 0.4) is 0 Å². The van der Waals surface area contributed by atoms with Crippen LogP contribution in [0.5, 0.6) is 0 Å². The van der Waals surface area contributed by atoms with Crippen molar-refractivity contribution in [3.63, 3.8) is 0 Å². The number of nitrogens with one attached hydrogen (secondary N) is 3. The third kappa shape index (κ3) is 10.2. The van der Waals surface area contributed by atoms with Crippen LogP contribution in [0, 0.1) is 16.7 Å². The zero-order valence-corrected chi connectivity index (χ0v) is 40.8. The third-order valence-corrected chi connectivity index (χ3v) is 15.0. The number of fused-ring (bicyclic) bond motifs is 5. The maximum Gasteiger partial charge on any atom is 0.350 e. The van der Waals surface area contributed by atoms with Crippen molar-refractivity contribution in [3.05, 3.63) is 119 Å². The summed E-state index contributed by atoms with van der Waals surface area (Å²) in [5.74, 6) is -9.68. The Hall–Kier alpha value is -6.40. The second-order valence-corrected chi connectivity index (χ2v) is 20.6. The first kappa shape index (κ1) is 53.4. The van der Waals surface area contributed by atoms with Gasteiger partial charge in [-0.1, -0.05) is 80.6 Å². The predicted molar refractivity (Wildman–Crippen MR) is 249 cm³/mol. The SMILES string of the molecule is CC(=O)O[C@@]12CO[C@@H]1C[C@H](O)[C@@]1(C)C(=O)[C@H](O)C3=C(C)[C@@H](OC(=O)[C@H](OC(=O)CNC(=O)CNCS(=O)(=O)O)[C@@H](NC(=O)c4ccccc4)c4ccccc4)C[C@@](O)([C@@H](OC(=O)c4ccccc4)C12)C3(C)C. The van der Waals surface area contributed by atoms with E-state index in [9.17, 15) is 47.7 Å². The number of esters is 4. The molecular weight excluding hydrogens is 963 g/mol. The number of ether oxygens (including phenoxy) is 5. The monoisotopic (exact) mass is 1020 g/mol. The number of aliphatic hydroxyl groups excluding tert-OH is 2. The number of ketones is 1. The number of rotatable bonds is 16. The lowest BCUT2D eigenvalue weighted by Crippen LogP contribution is -2.81. The minimum absolute atomic E-state index is 0.0128. The first-order valence-corrected chi connectivity index (χ1v) is 24.6. The Balaban J connectivity index is 1.33. The lowest BCUT2D eigenvalue weighted by atomic mass is 9.44. The van der Waals surface area contributed by atoms with E-state index in [1.807, 2.05) is 0 Å². The summed E-state index contributed by atoms with van der Waals surface area (Å²) in [6, 6.07) is 21.8. The maximum atomic E-state index is 15.2. The molecule has 0 aromatic heterocycles. The molecule has 2 amide bonds. The largest absolute Gasteiger partial charge is 0.455 e. The lowest BCUT2D eigenvalue weighted by Gasteiger charge is -2.67. The summed E-state index contributed by atoms with van der Waals surface area (Å²) in [7, 11) is -4.50. The Bertz CT molecular complexity index is 2740. The number of carbonyl (C=O) groups excluding carboxylic acids is 7. The molecule has 21 nitrogen and oxygen atoms in total. The normalized spacial score (nSPS) is 29.2. The van der Waals surface area contributed by atoms with Crippen molar-refractivity contribution in [2.24, 2.45) is 16.7 Å². The van der Waals surface area contributed by atoms with Gasteiger partial charge in [0.2, 0.25) is 12.0 Å². The first-order valence-electron chi connectivity index (χ1n) is 23.0. The van der Waals surface area contributed by atoms with Gasteiger partial charge in [-0.05, 0) is 54.8 Å². The molecule has 72 heavy (non-hydrogen) atoms. The molecule has 4 aliphatic rings. The Kier molecular flexibility index (Phi) is 15.3. The fourth-order valence-electron chi connectivity index (χ4n) is 10.8. The van der Waals surface area contributed by atoms with Gasteiger partial charge in [-0.3, -0.25) is 33.8 Å². The molecule has 3 aromatic rings. The number of amides is 2. The van der Waals surface area contributed by atoms with E-state index in [1.54, 1.807) is 54.6 Å². The Labute approximate surface area is 414 Å². The highest BCUT2D eigenvalue weighted by atomic mass is 32.2.